The van der Waals surface area contributed by atoms with E-state index >= 15 is 0 Å². The van der Waals surface area contributed by atoms with Gasteiger partial charge < -0.3 is 70.6 Å². The van der Waals surface area contributed by atoms with E-state index in [1.807, 2.05) is 82.3 Å². The number of carbonyl (C=O) groups is 2. The van der Waals surface area contributed by atoms with Gasteiger partial charge in [-0.1, -0.05) is 43.2 Å². The van der Waals surface area contributed by atoms with Crippen LogP contribution in [-0.2, 0) is 39.8 Å². The lowest BCUT2D eigenvalue weighted by atomic mass is 9.80. The number of allylic oxidation sites excluding steroid dienone is 7. The maximum absolute atomic E-state index is 13.9. The number of hydrogen-bond acceptors (Lipinski definition) is 20. The molecule has 8 rings (SSSR count). The number of aliphatic hydroxyl groups is 8. The number of hydrogen-bond donors (Lipinski definition) is 12. The predicted molar refractivity (Wildman–Crippen MR) is 304 cm³/mol. The molecule has 2 fully saturated rings. The van der Waals surface area contributed by atoms with Crippen LogP contribution in [0.2, 0.25) is 0 Å². The molecule has 3 aromatic carbocycles. The highest BCUT2D eigenvalue weighted by Crippen LogP contribution is 2.49. The van der Waals surface area contributed by atoms with Gasteiger partial charge in [-0.3, -0.25) is 14.1 Å². The van der Waals surface area contributed by atoms with Crippen molar-refractivity contribution in [3.8, 4) is 5.75 Å². The highest BCUT2D eigenvalue weighted by atomic mass is 32.2. The lowest BCUT2D eigenvalue weighted by molar-refractivity contribution is -0.438. The van der Waals surface area contributed by atoms with Gasteiger partial charge in [0, 0.05) is 76.4 Å². The first-order valence-electron chi connectivity index (χ1n) is 27.6. The molecule has 83 heavy (non-hydrogen) atoms. The quantitative estimate of drug-likeness (QED) is 0.0162. The summed E-state index contributed by atoms with van der Waals surface area (Å²) in [5.74, 6) is 0.000388. The Hall–Kier alpha value is -5.43. The second kappa shape index (κ2) is 27.3. The molecule has 3 aromatic rings. The molecule has 4 aliphatic heterocycles. The zero-order valence-corrected chi connectivity index (χ0v) is 48.1. The van der Waals surface area contributed by atoms with E-state index in [0.717, 1.165) is 63.5 Å². The number of carbonyl (C=O) groups excluding carboxylic acids is 2. The van der Waals surface area contributed by atoms with E-state index in [9.17, 15) is 63.4 Å². The van der Waals surface area contributed by atoms with Gasteiger partial charge in [-0.15, -0.1) is 4.33 Å². The normalized spacial score (nSPS) is 27.8. The number of unbranched alkanes of at least 4 members (excludes halogenated alkanes) is 2. The summed E-state index contributed by atoms with van der Waals surface area (Å²) in [6.45, 7) is 7.63. The van der Waals surface area contributed by atoms with Crippen LogP contribution in [-0.4, -0.2) is 180 Å². The number of nitrogens with zero attached hydrogens (tertiary/aromatic N) is 2. The van der Waals surface area contributed by atoms with Crippen molar-refractivity contribution in [3.05, 3.63) is 136 Å². The van der Waals surface area contributed by atoms with Gasteiger partial charge in [0.05, 0.1) is 24.4 Å². The Labute approximate surface area is 485 Å². The first kappa shape index (κ1) is 63.6. The number of rotatable bonds is 23. The van der Waals surface area contributed by atoms with Crippen molar-refractivity contribution in [3.63, 3.8) is 0 Å². The maximum Gasteiger partial charge on any atom is 0.264 e. The highest BCUT2D eigenvalue weighted by molar-refractivity contribution is 7.94. The molecule has 1 aliphatic carbocycles. The van der Waals surface area contributed by atoms with E-state index in [-0.39, 0.29) is 17.5 Å². The molecule has 0 radical (unpaired) electrons. The van der Waals surface area contributed by atoms with Gasteiger partial charge in [0.2, 0.25) is 5.69 Å². The van der Waals surface area contributed by atoms with E-state index in [0.29, 0.717) is 62.5 Å². The van der Waals surface area contributed by atoms with Crippen molar-refractivity contribution in [1.82, 2.24) is 10.6 Å². The molecule has 0 bridgehead atoms. The second-order valence-electron chi connectivity index (χ2n) is 22.2. The molecule has 2 saturated heterocycles. The number of nitrogens with one attached hydrogen (secondary N) is 2. The smallest absolute Gasteiger partial charge is 0.264 e. The lowest BCUT2D eigenvalue weighted by Crippen LogP contribution is -2.64. The predicted octanol–water partition coefficient (Wildman–Crippen LogP) is 3.32. The minimum Gasteiger partial charge on any atom is -0.457 e. The van der Waals surface area contributed by atoms with E-state index in [2.05, 4.69) is 35.6 Å². The Morgan fingerprint density at radius 3 is 1.98 bits per heavy atom. The third-order valence-corrected chi connectivity index (χ3v) is 17.4. The molecule has 5 aliphatic rings. The molecule has 0 spiro atoms. The lowest BCUT2D eigenvalue weighted by Gasteiger charge is -2.40. The van der Waals surface area contributed by atoms with Crippen molar-refractivity contribution in [2.45, 2.75) is 145 Å². The Balaban J connectivity index is 1.14. The summed E-state index contributed by atoms with van der Waals surface area (Å²) >= 11 is 0.961. The molecule has 10 atom stereocenters. The van der Waals surface area contributed by atoms with Gasteiger partial charge in [0.1, 0.15) is 66.8 Å². The second-order valence-corrected chi connectivity index (χ2v) is 24.6. The molecular weight excluding hydrogens is 1120 g/mol. The molecule has 2 amide bonds. The summed E-state index contributed by atoms with van der Waals surface area (Å²) in [5, 5.41) is 101. The fraction of sp³-hybridized carbons (Fsp3) is 0.500. The number of amides is 2. The minimum atomic E-state index is -4.23. The number of aliphatic hydroxyl groups excluding tert-OH is 8. The summed E-state index contributed by atoms with van der Waals surface area (Å²) in [7, 11) is -4.23. The Kier molecular flexibility index (Phi) is 20.9. The van der Waals surface area contributed by atoms with Crippen LogP contribution < -0.4 is 20.3 Å². The molecular formula is C58H75N4O19S2+. The molecule has 25 heteroatoms. The molecule has 0 saturated carbocycles. The van der Waals surface area contributed by atoms with Crippen LogP contribution in [0.25, 0.3) is 0 Å². The van der Waals surface area contributed by atoms with Gasteiger partial charge in [0.25, 0.3) is 21.9 Å². The third-order valence-electron chi connectivity index (χ3n) is 16.0. The number of ether oxygens (including phenoxy) is 3. The van der Waals surface area contributed by atoms with Gasteiger partial charge >= 0.3 is 0 Å². The molecule has 12 N–H and O–H groups in total. The van der Waals surface area contributed by atoms with Gasteiger partial charge in [-0.05, 0) is 124 Å². The van der Waals surface area contributed by atoms with Crippen LogP contribution in [0.1, 0.15) is 104 Å². The van der Waals surface area contributed by atoms with E-state index in [4.69, 9.17) is 19.5 Å². The first-order valence-corrected chi connectivity index (χ1v) is 30.1. The highest BCUT2D eigenvalue weighted by Gasteiger charge is 2.48. The molecule has 4 heterocycles. The monoisotopic (exact) mass is 1200 g/mol. The largest absolute Gasteiger partial charge is 0.457 e. The summed E-state index contributed by atoms with van der Waals surface area (Å²) in [6, 6.07) is 16.8. The van der Waals surface area contributed by atoms with E-state index in [1.54, 1.807) is 30.3 Å². The molecule has 23 nitrogen and oxygen atoms in total. The number of fused-ring (bicyclic) bond motifs is 2. The fourth-order valence-electron chi connectivity index (χ4n) is 11.4. The Morgan fingerprint density at radius 1 is 0.759 bits per heavy atom. The number of benzene rings is 3. The summed E-state index contributed by atoms with van der Waals surface area (Å²) in [5.41, 5.74) is 5.50. The maximum atomic E-state index is 13.9. The van der Waals surface area contributed by atoms with Crippen LogP contribution in [0, 0.1) is 0 Å². The standard InChI is InChI=1S/C58H74N4O19S2/c1-57(2)38-29-35(53(69)59-46-50(67)48(65)42(31-63)78-55(46)71)17-21-40(38)61(25-8-10-27-82-81-80-73)44(57)23-19-33-13-12-14-34(52(33)77-37-15-6-5-7-16-37)20-24-45-58(3,4)39-30-36(18-22-41(39)62(45)26-9-11-28-83(74,75)76)54(70)60-47-51(68)49(66)43(32-64)79-56(47)72/h5-7,15-24,29-30,42-43,46-51,55-56,63-68,71-72H,8-14,25-28,31-32H2,1-4H3,(H3-,59,60,69,70,73,74,75,76)/p+1. The van der Waals surface area contributed by atoms with Crippen molar-refractivity contribution < 1.29 is 96.8 Å². The fourth-order valence-corrected chi connectivity index (χ4v) is 12.5. The molecule has 452 valence electrons. The Bertz CT molecular complexity index is 3100. The minimum absolute atomic E-state index is 0.165. The summed E-state index contributed by atoms with van der Waals surface area (Å²) in [4.78, 5) is 29.9. The van der Waals surface area contributed by atoms with Gasteiger partial charge in [-0.25, -0.2) is 5.26 Å². The van der Waals surface area contributed by atoms with Crippen LogP contribution in [0.4, 0.5) is 11.4 Å². The number of anilines is 1. The summed E-state index contributed by atoms with van der Waals surface area (Å²) in [6.07, 6.45) is -0.361. The summed E-state index contributed by atoms with van der Waals surface area (Å²) < 4.78 is 57.1. The van der Waals surface area contributed by atoms with Crippen LogP contribution in [0.15, 0.2) is 114 Å². The van der Waals surface area contributed by atoms with Gasteiger partial charge in [0.15, 0.2) is 18.3 Å². The first-order chi connectivity index (χ1) is 39.5. The average molecular weight is 1200 g/mol. The topological polar surface area (TPSA) is 347 Å². The zero-order chi connectivity index (χ0) is 60.0. The zero-order valence-electron chi connectivity index (χ0n) is 46.5. The molecule has 10 unspecified atom stereocenters. The Morgan fingerprint density at radius 2 is 1.37 bits per heavy atom. The van der Waals surface area contributed by atoms with Crippen molar-refractivity contribution in [2.75, 3.05) is 42.7 Å². The number of para-hydroxylation sites is 1. The van der Waals surface area contributed by atoms with Crippen molar-refractivity contribution in [1.29, 1.82) is 0 Å². The SMILES string of the molecule is CC1(C)C(/C=C/C2=C(Oc3ccccc3)C(=C/C=C3/N(CCCCSOOO)c4ccc(C(=O)NC5C(O)OC(CO)C(O)C5O)cc4C3(C)C)/CCC2)=[N+](CCCCS(=O)(=O)O)c2ccc(C(=O)NC3C(O)OC(CO)C(O)C3O)cc21. The third kappa shape index (κ3) is 14.3. The van der Waals surface area contributed by atoms with Gasteiger partial charge in [-0.2, -0.15) is 13.0 Å². The molecule has 0 aromatic heterocycles. The van der Waals surface area contributed by atoms with Crippen molar-refractivity contribution >= 4 is 51.1 Å². The van der Waals surface area contributed by atoms with Crippen molar-refractivity contribution in [2.24, 2.45) is 0 Å². The van der Waals surface area contributed by atoms with Crippen LogP contribution in [0.3, 0.4) is 0 Å². The van der Waals surface area contributed by atoms with E-state index in [1.165, 1.54) is 0 Å². The van der Waals surface area contributed by atoms with E-state index < -0.39 is 113 Å². The van der Waals surface area contributed by atoms with Crippen LogP contribution in [0.5, 0.6) is 5.75 Å². The van der Waals surface area contributed by atoms with Crippen LogP contribution >= 0.6 is 12.0 Å². The average Bonchev–Trinajstić information content (AvgIpc) is 2.13.